The molecule has 34 heavy (non-hydrogen) atoms. The number of fused-ring (bicyclic) bond motifs is 3. The first-order valence-electron chi connectivity index (χ1n) is 11.0. The quantitative estimate of drug-likeness (QED) is 0.336. The molecule has 1 heterocycles. The number of nitrogens with one attached hydrogen (secondary N) is 2. The minimum atomic E-state index is -0.843. The van der Waals surface area contributed by atoms with Crippen LogP contribution in [0, 0.1) is 0 Å². The van der Waals surface area contributed by atoms with E-state index in [0.717, 1.165) is 21.9 Å². The second-order valence-electron chi connectivity index (χ2n) is 7.89. The molecule has 6 heteroatoms. The van der Waals surface area contributed by atoms with Gasteiger partial charge in [0.25, 0.3) is 0 Å². The second-order valence-corrected chi connectivity index (χ2v) is 7.89. The van der Waals surface area contributed by atoms with E-state index in [9.17, 15) is 9.59 Å². The van der Waals surface area contributed by atoms with Crippen molar-refractivity contribution >= 4 is 39.6 Å². The molecular formula is C28H22N2O4. The van der Waals surface area contributed by atoms with Gasteiger partial charge in [0.1, 0.15) is 23.0 Å². The predicted molar refractivity (Wildman–Crippen MR) is 132 cm³/mol. The highest BCUT2D eigenvalue weighted by Crippen LogP contribution is 2.30. The molecule has 0 aliphatic heterocycles. The van der Waals surface area contributed by atoms with E-state index in [0.29, 0.717) is 23.4 Å². The molecule has 1 atom stereocenters. The van der Waals surface area contributed by atoms with E-state index in [2.05, 4.69) is 10.6 Å². The normalized spacial score (nSPS) is 11.8. The highest BCUT2D eigenvalue weighted by atomic mass is 16.6. The minimum Gasteiger partial charge on any atom is -0.456 e. The number of para-hydroxylation sites is 2. The molecule has 2 N–H and O–H groups in total. The monoisotopic (exact) mass is 450 g/mol. The molecule has 0 saturated heterocycles. The van der Waals surface area contributed by atoms with Crippen molar-refractivity contribution in [3.8, 4) is 5.75 Å². The third kappa shape index (κ3) is 4.76. The van der Waals surface area contributed by atoms with E-state index in [1.165, 1.54) is 0 Å². The van der Waals surface area contributed by atoms with Crippen molar-refractivity contribution < 1.29 is 18.7 Å². The predicted octanol–water partition coefficient (Wildman–Crippen LogP) is 5.92. The summed E-state index contributed by atoms with van der Waals surface area (Å²) in [5.74, 6) is 0.0403. The highest BCUT2D eigenvalue weighted by molar-refractivity contribution is 6.06. The maximum Gasteiger partial charge on any atom is 0.413 e. The van der Waals surface area contributed by atoms with E-state index in [-0.39, 0.29) is 5.91 Å². The summed E-state index contributed by atoms with van der Waals surface area (Å²) in [4.78, 5) is 25.7. The van der Waals surface area contributed by atoms with Crippen molar-refractivity contribution in [2.24, 2.45) is 0 Å². The number of rotatable bonds is 6. The Bertz CT molecular complexity index is 1450. The van der Waals surface area contributed by atoms with Crippen LogP contribution in [0.1, 0.15) is 5.56 Å². The summed E-state index contributed by atoms with van der Waals surface area (Å²) >= 11 is 0. The number of carbonyl (C=O) groups is 2. The molecule has 1 aromatic heterocycles. The van der Waals surface area contributed by atoms with Gasteiger partial charge in [-0.15, -0.1) is 0 Å². The summed E-state index contributed by atoms with van der Waals surface area (Å²) in [6, 6.07) is 30.7. The van der Waals surface area contributed by atoms with E-state index >= 15 is 0 Å². The standard InChI is InChI=1S/C28H22N2O4/c31-27(29-20-15-16-23-22-13-7-8-14-25(22)34-26(23)18-20)24(17-19-9-3-1-4-10-19)30-28(32)33-21-11-5-2-6-12-21/h1-16,18,24H,17H2,(H,29,31)(H,30,32)/t24-/m0/s1. The average Bonchev–Trinajstić information content (AvgIpc) is 3.22. The fourth-order valence-corrected chi connectivity index (χ4v) is 3.86. The van der Waals surface area contributed by atoms with Crippen LogP contribution < -0.4 is 15.4 Å². The molecule has 0 fully saturated rings. The van der Waals surface area contributed by atoms with Gasteiger partial charge in [0.15, 0.2) is 0 Å². The van der Waals surface area contributed by atoms with E-state index in [4.69, 9.17) is 9.15 Å². The first-order valence-corrected chi connectivity index (χ1v) is 11.0. The van der Waals surface area contributed by atoms with Crippen molar-refractivity contribution in [2.75, 3.05) is 5.32 Å². The minimum absolute atomic E-state index is 0.309. The third-order valence-electron chi connectivity index (χ3n) is 5.49. The van der Waals surface area contributed by atoms with Gasteiger partial charge in [-0.3, -0.25) is 4.79 Å². The van der Waals surface area contributed by atoms with Crippen LogP contribution in [0.2, 0.25) is 0 Å². The van der Waals surface area contributed by atoms with Crippen LogP contribution in [0.3, 0.4) is 0 Å². The van der Waals surface area contributed by atoms with Crippen LogP contribution in [0.5, 0.6) is 5.75 Å². The Morgan fingerprint density at radius 2 is 1.44 bits per heavy atom. The Morgan fingerprint density at radius 3 is 2.24 bits per heavy atom. The molecule has 0 aliphatic carbocycles. The maximum atomic E-state index is 13.2. The van der Waals surface area contributed by atoms with Gasteiger partial charge in [0, 0.05) is 28.9 Å². The average molecular weight is 450 g/mol. The lowest BCUT2D eigenvalue weighted by molar-refractivity contribution is -0.118. The van der Waals surface area contributed by atoms with Crippen molar-refractivity contribution in [3.05, 3.63) is 109 Å². The number of anilines is 1. The van der Waals surface area contributed by atoms with Crippen LogP contribution in [-0.4, -0.2) is 18.0 Å². The number of carbonyl (C=O) groups excluding carboxylic acids is 2. The summed E-state index contributed by atoms with van der Waals surface area (Å²) in [7, 11) is 0. The molecule has 4 aromatic carbocycles. The second kappa shape index (κ2) is 9.50. The maximum absolute atomic E-state index is 13.2. The van der Waals surface area contributed by atoms with Crippen LogP contribution in [0.4, 0.5) is 10.5 Å². The van der Waals surface area contributed by atoms with Gasteiger partial charge >= 0.3 is 6.09 Å². The lowest BCUT2D eigenvalue weighted by Crippen LogP contribution is -2.46. The fraction of sp³-hybridized carbons (Fsp3) is 0.0714. The largest absolute Gasteiger partial charge is 0.456 e. The number of amides is 2. The molecule has 0 aliphatic rings. The zero-order valence-corrected chi connectivity index (χ0v) is 18.2. The van der Waals surface area contributed by atoms with E-state index < -0.39 is 12.1 Å². The summed E-state index contributed by atoms with van der Waals surface area (Å²) in [5.41, 5.74) is 2.95. The van der Waals surface area contributed by atoms with Crippen LogP contribution in [0.15, 0.2) is 108 Å². The van der Waals surface area contributed by atoms with Gasteiger partial charge in [-0.25, -0.2) is 4.79 Å². The molecule has 5 rings (SSSR count). The summed E-state index contributed by atoms with van der Waals surface area (Å²) in [5, 5.41) is 7.58. The Balaban J connectivity index is 1.35. The molecule has 6 nitrogen and oxygen atoms in total. The van der Waals surface area contributed by atoms with Crippen molar-refractivity contribution in [2.45, 2.75) is 12.5 Å². The fourth-order valence-electron chi connectivity index (χ4n) is 3.86. The zero-order valence-electron chi connectivity index (χ0n) is 18.2. The van der Waals surface area contributed by atoms with Crippen molar-refractivity contribution in [3.63, 3.8) is 0 Å². The number of hydrogen-bond acceptors (Lipinski definition) is 4. The topological polar surface area (TPSA) is 80.6 Å². The first kappa shape index (κ1) is 21.3. The molecule has 0 saturated carbocycles. The van der Waals surface area contributed by atoms with Gasteiger partial charge in [-0.1, -0.05) is 66.7 Å². The molecule has 0 spiro atoms. The highest BCUT2D eigenvalue weighted by Gasteiger charge is 2.23. The lowest BCUT2D eigenvalue weighted by Gasteiger charge is -2.18. The van der Waals surface area contributed by atoms with Crippen LogP contribution in [-0.2, 0) is 11.2 Å². The van der Waals surface area contributed by atoms with E-state index in [1.807, 2.05) is 72.8 Å². The molecule has 5 aromatic rings. The summed E-state index contributed by atoms with van der Waals surface area (Å²) in [6.07, 6.45) is -0.390. The molecule has 168 valence electrons. The molecule has 0 bridgehead atoms. The number of ether oxygens (including phenoxy) is 1. The Kier molecular flexibility index (Phi) is 5.95. The molecule has 0 unspecified atom stereocenters. The number of furan rings is 1. The Morgan fingerprint density at radius 1 is 0.765 bits per heavy atom. The van der Waals surface area contributed by atoms with Gasteiger partial charge in [-0.2, -0.15) is 0 Å². The van der Waals surface area contributed by atoms with Crippen molar-refractivity contribution in [1.29, 1.82) is 0 Å². The van der Waals surface area contributed by atoms with Gasteiger partial charge in [0.05, 0.1) is 0 Å². The van der Waals surface area contributed by atoms with Crippen LogP contribution in [0.25, 0.3) is 21.9 Å². The Labute approximate surface area is 196 Å². The third-order valence-corrected chi connectivity index (χ3v) is 5.49. The zero-order chi connectivity index (χ0) is 23.3. The molecule has 0 radical (unpaired) electrons. The van der Waals surface area contributed by atoms with Crippen LogP contribution >= 0.6 is 0 Å². The number of hydrogen-bond donors (Lipinski definition) is 2. The lowest BCUT2D eigenvalue weighted by atomic mass is 10.1. The van der Waals surface area contributed by atoms with E-state index in [1.54, 1.807) is 30.3 Å². The van der Waals surface area contributed by atoms with Crippen molar-refractivity contribution in [1.82, 2.24) is 5.32 Å². The summed E-state index contributed by atoms with van der Waals surface area (Å²) in [6.45, 7) is 0. The first-order chi connectivity index (χ1) is 16.7. The Hall–Kier alpha value is -4.58. The SMILES string of the molecule is O=C(N[C@@H](Cc1ccccc1)C(=O)Nc1ccc2c(c1)oc1ccccc12)Oc1ccccc1. The van der Waals surface area contributed by atoms with Gasteiger partial charge in [0.2, 0.25) is 5.91 Å². The summed E-state index contributed by atoms with van der Waals surface area (Å²) < 4.78 is 11.2. The van der Waals surface area contributed by atoms with Gasteiger partial charge in [-0.05, 0) is 35.9 Å². The molecule has 2 amide bonds. The smallest absolute Gasteiger partial charge is 0.413 e. The van der Waals surface area contributed by atoms with Gasteiger partial charge < -0.3 is 19.8 Å². The molecular weight excluding hydrogens is 428 g/mol. The number of benzene rings is 4.